The Balaban J connectivity index is 1.94. The number of amides is 1. The lowest BCUT2D eigenvalue weighted by Crippen LogP contribution is -2.39. The molecular formula is C14H20N4O5. The second kappa shape index (κ2) is 8.28. The fraction of sp³-hybridized carbons (Fsp3) is 0.571. The van der Waals surface area contributed by atoms with Gasteiger partial charge < -0.3 is 19.7 Å². The van der Waals surface area contributed by atoms with Crippen molar-refractivity contribution >= 4 is 17.7 Å². The first-order valence-electron chi connectivity index (χ1n) is 7.34. The average Bonchev–Trinajstić information content (AvgIpc) is 2.57. The van der Waals surface area contributed by atoms with Crippen molar-refractivity contribution in [3.05, 3.63) is 22.5 Å². The van der Waals surface area contributed by atoms with Crippen molar-refractivity contribution in [1.29, 1.82) is 0 Å². The van der Waals surface area contributed by atoms with E-state index in [9.17, 15) is 14.4 Å². The third-order valence-corrected chi connectivity index (χ3v) is 3.36. The normalized spacial score (nSPS) is 14.4. The van der Waals surface area contributed by atoms with Gasteiger partial charge in [-0.15, -0.1) is 0 Å². The Labute approximate surface area is 133 Å². The van der Waals surface area contributed by atoms with Gasteiger partial charge in [0.2, 0.25) is 5.91 Å². The van der Waals surface area contributed by atoms with Gasteiger partial charge in [-0.3, -0.25) is 14.4 Å². The zero-order valence-corrected chi connectivity index (χ0v) is 13.0. The maximum atomic E-state index is 11.8. The molecule has 0 bridgehead atoms. The summed E-state index contributed by atoms with van der Waals surface area (Å²) in [5.41, 5.74) is -0.356. The molecule has 0 saturated carbocycles. The van der Waals surface area contributed by atoms with E-state index in [4.69, 9.17) is 4.74 Å². The summed E-state index contributed by atoms with van der Waals surface area (Å²) in [4.78, 5) is 36.6. The lowest BCUT2D eigenvalue weighted by Gasteiger charge is -2.27. The predicted octanol–water partition coefficient (Wildman–Crippen LogP) is -1.24. The summed E-state index contributed by atoms with van der Waals surface area (Å²) in [5.74, 6) is -0.159. The van der Waals surface area contributed by atoms with Crippen LogP contribution in [0, 0.1) is 0 Å². The summed E-state index contributed by atoms with van der Waals surface area (Å²) in [6, 6.07) is 3.03. The SMILES string of the molecule is COC(=O)CCNC(=O)Cn1nc(N2CCOCC2)ccc1=O. The van der Waals surface area contributed by atoms with Crippen LogP contribution in [0.3, 0.4) is 0 Å². The molecule has 0 aromatic carbocycles. The maximum absolute atomic E-state index is 11.8. The zero-order chi connectivity index (χ0) is 16.7. The molecule has 23 heavy (non-hydrogen) atoms. The van der Waals surface area contributed by atoms with Gasteiger partial charge in [0, 0.05) is 25.7 Å². The summed E-state index contributed by atoms with van der Waals surface area (Å²) in [6.45, 7) is 2.55. The third-order valence-electron chi connectivity index (χ3n) is 3.36. The number of hydrogen-bond acceptors (Lipinski definition) is 7. The van der Waals surface area contributed by atoms with E-state index < -0.39 is 5.97 Å². The molecule has 1 N–H and O–H groups in total. The van der Waals surface area contributed by atoms with Crippen LogP contribution in [0.5, 0.6) is 0 Å². The van der Waals surface area contributed by atoms with Crippen molar-refractivity contribution in [2.75, 3.05) is 44.9 Å². The highest BCUT2D eigenvalue weighted by molar-refractivity contribution is 5.76. The number of esters is 1. The fourth-order valence-electron chi connectivity index (χ4n) is 2.11. The topological polar surface area (TPSA) is 103 Å². The van der Waals surface area contributed by atoms with Crippen molar-refractivity contribution in [2.45, 2.75) is 13.0 Å². The summed E-state index contributed by atoms with van der Waals surface area (Å²) in [6.07, 6.45) is 0.0817. The zero-order valence-electron chi connectivity index (χ0n) is 13.0. The molecule has 1 aromatic rings. The molecule has 9 nitrogen and oxygen atoms in total. The second-order valence-electron chi connectivity index (χ2n) is 4.96. The molecule has 1 saturated heterocycles. The number of methoxy groups -OCH3 is 1. The van der Waals surface area contributed by atoms with Crippen LogP contribution in [0.1, 0.15) is 6.42 Å². The summed E-state index contributed by atoms with van der Waals surface area (Å²) < 4.78 is 10.9. The van der Waals surface area contributed by atoms with E-state index in [0.29, 0.717) is 32.1 Å². The molecule has 0 radical (unpaired) electrons. The van der Waals surface area contributed by atoms with E-state index >= 15 is 0 Å². The lowest BCUT2D eigenvalue weighted by molar-refractivity contribution is -0.140. The van der Waals surface area contributed by atoms with Gasteiger partial charge in [0.1, 0.15) is 12.4 Å². The molecule has 0 aliphatic carbocycles. The van der Waals surface area contributed by atoms with Gasteiger partial charge in [-0.05, 0) is 6.07 Å². The van der Waals surface area contributed by atoms with Crippen LogP contribution >= 0.6 is 0 Å². The second-order valence-corrected chi connectivity index (χ2v) is 4.96. The summed E-state index contributed by atoms with van der Waals surface area (Å²) in [7, 11) is 1.28. The van der Waals surface area contributed by atoms with Crippen molar-refractivity contribution in [3.63, 3.8) is 0 Å². The van der Waals surface area contributed by atoms with Crippen LogP contribution in [0.25, 0.3) is 0 Å². The molecule has 0 unspecified atom stereocenters. The Hall–Kier alpha value is -2.42. The van der Waals surface area contributed by atoms with Crippen LogP contribution < -0.4 is 15.8 Å². The highest BCUT2D eigenvalue weighted by Gasteiger charge is 2.14. The third kappa shape index (κ3) is 5.06. The molecule has 1 aliphatic rings. The Kier molecular flexibility index (Phi) is 6.10. The van der Waals surface area contributed by atoms with Crippen molar-refractivity contribution in [1.82, 2.24) is 15.1 Å². The van der Waals surface area contributed by atoms with E-state index in [0.717, 1.165) is 4.68 Å². The number of ether oxygens (including phenoxy) is 2. The van der Waals surface area contributed by atoms with Gasteiger partial charge in [-0.1, -0.05) is 0 Å². The van der Waals surface area contributed by atoms with E-state index in [-0.39, 0.29) is 31.0 Å². The van der Waals surface area contributed by atoms with Crippen molar-refractivity contribution < 1.29 is 19.1 Å². The fourth-order valence-corrected chi connectivity index (χ4v) is 2.11. The molecule has 9 heteroatoms. The van der Waals surface area contributed by atoms with Gasteiger partial charge in [0.15, 0.2) is 0 Å². The number of carbonyl (C=O) groups is 2. The molecular weight excluding hydrogens is 304 g/mol. The minimum absolute atomic E-state index is 0.0817. The number of rotatable bonds is 6. The largest absolute Gasteiger partial charge is 0.469 e. The number of nitrogens with one attached hydrogen (secondary N) is 1. The molecule has 0 atom stereocenters. The maximum Gasteiger partial charge on any atom is 0.307 e. The first-order valence-corrected chi connectivity index (χ1v) is 7.34. The summed E-state index contributed by atoms with van der Waals surface area (Å²) in [5, 5.41) is 6.77. The van der Waals surface area contributed by atoms with E-state index in [1.165, 1.54) is 13.2 Å². The summed E-state index contributed by atoms with van der Waals surface area (Å²) >= 11 is 0. The quantitative estimate of drug-likeness (QED) is 0.653. The number of aromatic nitrogens is 2. The highest BCUT2D eigenvalue weighted by atomic mass is 16.5. The van der Waals surface area contributed by atoms with Crippen molar-refractivity contribution in [3.8, 4) is 0 Å². The monoisotopic (exact) mass is 324 g/mol. The van der Waals surface area contributed by atoms with Crippen LogP contribution in [0.4, 0.5) is 5.82 Å². The van der Waals surface area contributed by atoms with Crippen LogP contribution in [0.15, 0.2) is 16.9 Å². The molecule has 0 spiro atoms. The van der Waals surface area contributed by atoms with Gasteiger partial charge >= 0.3 is 5.97 Å². The lowest BCUT2D eigenvalue weighted by atomic mass is 10.4. The van der Waals surface area contributed by atoms with E-state index in [2.05, 4.69) is 15.2 Å². The van der Waals surface area contributed by atoms with Gasteiger partial charge in [-0.25, -0.2) is 4.68 Å². The van der Waals surface area contributed by atoms with Gasteiger partial charge in [0.25, 0.3) is 5.56 Å². The Morgan fingerprint density at radius 1 is 1.35 bits per heavy atom. The minimum Gasteiger partial charge on any atom is -0.469 e. The van der Waals surface area contributed by atoms with Crippen LogP contribution in [-0.4, -0.2) is 61.6 Å². The first-order chi connectivity index (χ1) is 11.1. The van der Waals surface area contributed by atoms with Crippen LogP contribution in [-0.2, 0) is 25.6 Å². The molecule has 1 aliphatic heterocycles. The van der Waals surface area contributed by atoms with E-state index in [1.54, 1.807) is 6.07 Å². The standard InChI is InChI=1S/C14H20N4O5/c1-22-14(21)4-5-15-12(19)10-18-13(20)3-2-11(16-18)17-6-8-23-9-7-17/h2-3H,4-10H2,1H3,(H,15,19). The number of hydrogen-bond donors (Lipinski definition) is 1. The Bertz CT molecular complexity index is 609. The molecule has 1 fully saturated rings. The predicted molar refractivity (Wildman–Crippen MR) is 81.2 cm³/mol. The number of nitrogens with zero attached hydrogens (tertiary/aromatic N) is 3. The Morgan fingerprint density at radius 2 is 2.09 bits per heavy atom. The Morgan fingerprint density at radius 3 is 2.78 bits per heavy atom. The number of morpholine rings is 1. The molecule has 126 valence electrons. The van der Waals surface area contributed by atoms with Gasteiger partial charge in [-0.2, -0.15) is 5.10 Å². The molecule has 2 rings (SSSR count). The minimum atomic E-state index is -0.407. The molecule has 1 aromatic heterocycles. The average molecular weight is 324 g/mol. The van der Waals surface area contributed by atoms with Gasteiger partial charge in [0.05, 0.1) is 26.7 Å². The number of carbonyl (C=O) groups excluding carboxylic acids is 2. The van der Waals surface area contributed by atoms with E-state index in [1.807, 2.05) is 4.90 Å². The molecule has 2 heterocycles. The van der Waals surface area contributed by atoms with Crippen LogP contribution in [0.2, 0.25) is 0 Å². The van der Waals surface area contributed by atoms with Crippen molar-refractivity contribution in [2.24, 2.45) is 0 Å². The smallest absolute Gasteiger partial charge is 0.307 e. The molecule has 1 amide bonds. The number of anilines is 1. The highest BCUT2D eigenvalue weighted by Crippen LogP contribution is 2.09. The first kappa shape index (κ1) is 16.9.